The van der Waals surface area contributed by atoms with Crippen molar-refractivity contribution >= 4 is 9.84 Å². The van der Waals surface area contributed by atoms with Gasteiger partial charge in [0.05, 0.1) is 10.1 Å². The van der Waals surface area contributed by atoms with E-state index < -0.39 is 9.84 Å². The fourth-order valence-corrected chi connectivity index (χ4v) is 3.96. The van der Waals surface area contributed by atoms with Crippen molar-refractivity contribution in [2.24, 2.45) is 5.92 Å². The van der Waals surface area contributed by atoms with Gasteiger partial charge < -0.3 is 0 Å². The molecule has 14 heavy (non-hydrogen) atoms. The summed E-state index contributed by atoms with van der Waals surface area (Å²) in [5.41, 5.74) is 0. The van der Waals surface area contributed by atoms with Crippen LogP contribution in [0.4, 0.5) is 0 Å². The van der Waals surface area contributed by atoms with E-state index in [1.165, 1.54) is 0 Å². The maximum Gasteiger partial charge on any atom is 0.181 e. The van der Waals surface area contributed by atoms with E-state index in [4.69, 9.17) is 0 Å². The van der Waals surface area contributed by atoms with Gasteiger partial charge in [-0.25, -0.2) is 8.42 Å². The topological polar surface area (TPSA) is 34.1 Å². The van der Waals surface area contributed by atoms with E-state index in [0.29, 0.717) is 10.8 Å². The van der Waals surface area contributed by atoms with Crippen molar-refractivity contribution in [1.82, 2.24) is 0 Å². The molecule has 1 aliphatic rings. The Morgan fingerprint density at radius 2 is 1.79 bits per heavy atom. The van der Waals surface area contributed by atoms with Gasteiger partial charge in [-0.2, -0.15) is 0 Å². The highest BCUT2D eigenvalue weighted by molar-refractivity contribution is 7.92. The number of rotatable bonds is 2. The first-order chi connectivity index (χ1) is 6.62. The molecule has 1 saturated carbocycles. The molecule has 0 spiro atoms. The molecule has 0 amide bonds. The van der Waals surface area contributed by atoms with Crippen LogP contribution in [-0.4, -0.2) is 13.7 Å². The van der Waals surface area contributed by atoms with E-state index >= 15 is 0 Å². The standard InChI is InChI=1S/C11H14O2S/c1-9-7-8-11(9)14(12,13)10-5-3-2-4-6-10/h2-6,9,11H,7-8H2,1H3/t9-,11-/m0/s1. The molecular formula is C11H14O2S. The van der Waals surface area contributed by atoms with Crippen LogP contribution in [0.2, 0.25) is 0 Å². The van der Waals surface area contributed by atoms with Gasteiger partial charge >= 0.3 is 0 Å². The van der Waals surface area contributed by atoms with Crippen LogP contribution in [0.1, 0.15) is 19.8 Å². The van der Waals surface area contributed by atoms with E-state index in [1.54, 1.807) is 24.3 Å². The van der Waals surface area contributed by atoms with Gasteiger partial charge in [0.1, 0.15) is 0 Å². The lowest BCUT2D eigenvalue weighted by molar-refractivity contribution is 0.344. The average molecular weight is 210 g/mol. The molecule has 1 aromatic rings. The highest BCUT2D eigenvalue weighted by atomic mass is 32.2. The highest BCUT2D eigenvalue weighted by Gasteiger charge is 2.38. The van der Waals surface area contributed by atoms with Crippen molar-refractivity contribution < 1.29 is 8.42 Å². The van der Waals surface area contributed by atoms with Gasteiger partial charge in [-0.3, -0.25) is 0 Å². The van der Waals surface area contributed by atoms with Gasteiger partial charge in [-0.05, 0) is 30.9 Å². The van der Waals surface area contributed by atoms with Crippen LogP contribution in [-0.2, 0) is 9.84 Å². The second kappa shape index (κ2) is 3.39. The Hall–Kier alpha value is -0.830. The third-order valence-electron chi connectivity index (χ3n) is 3.01. The lowest BCUT2D eigenvalue weighted by atomic mass is 9.87. The minimum atomic E-state index is -3.05. The molecule has 0 unspecified atom stereocenters. The van der Waals surface area contributed by atoms with Gasteiger partial charge in [0.15, 0.2) is 9.84 Å². The van der Waals surface area contributed by atoms with Crippen molar-refractivity contribution in [2.75, 3.05) is 0 Å². The van der Waals surface area contributed by atoms with Gasteiger partial charge in [0.25, 0.3) is 0 Å². The fraction of sp³-hybridized carbons (Fsp3) is 0.455. The molecule has 0 bridgehead atoms. The van der Waals surface area contributed by atoms with Crippen molar-refractivity contribution in [3.63, 3.8) is 0 Å². The third-order valence-corrected chi connectivity index (χ3v) is 5.44. The average Bonchev–Trinajstić information content (AvgIpc) is 2.16. The summed E-state index contributed by atoms with van der Waals surface area (Å²) in [5.74, 6) is 0.320. The van der Waals surface area contributed by atoms with Gasteiger partial charge in [0, 0.05) is 0 Å². The SMILES string of the molecule is C[C@H]1CC[C@@H]1S(=O)(=O)c1ccccc1. The van der Waals surface area contributed by atoms with E-state index in [9.17, 15) is 8.42 Å². The molecule has 1 fully saturated rings. The zero-order valence-corrected chi connectivity index (χ0v) is 9.00. The number of sulfone groups is 1. The molecule has 1 aliphatic carbocycles. The minimum Gasteiger partial charge on any atom is -0.223 e. The first-order valence-electron chi connectivity index (χ1n) is 4.91. The summed E-state index contributed by atoms with van der Waals surface area (Å²) in [6, 6.07) is 8.75. The number of benzene rings is 1. The Bertz CT molecular complexity index is 408. The summed E-state index contributed by atoms with van der Waals surface area (Å²) in [6.45, 7) is 2.01. The monoisotopic (exact) mass is 210 g/mol. The van der Waals surface area contributed by atoms with E-state index in [1.807, 2.05) is 13.0 Å². The van der Waals surface area contributed by atoms with Crippen molar-refractivity contribution in [1.29, 1.82) is 0 Å². The maximum atomic E-state index is 12.0. The first kappa shape index (κ1) is 9.71. The molecule has 0 heterocycles. The summed E-state index contributed by atoms with van der Waals surface area (Å²) < 4.78 is 24.0. The van der Waals surface area contributed by atoms with E-state index in [2.05, 4.69) is 0 Å². The summed E-state index contributed by atoms with van der Waals surface area (Å²) in [4.78, 5) is 0.469. The predicted molar refractivity (Wildman–Crippen MR) is 55.8 cm³/mol. The zero-order valence-electron chi connectivity index (χ0n) is 8.18. The van der Waals surface area contributed by atoms with E-state index in [0.717, 1.165) is 12.8 Å². The van der Waals surface area contributed by atoms with Gasteiger partial charge in [0.2, 0.25) is 0 Å². The van der Waals surface area contributed by atoms with Crippen LogP contribution < -0.4 is 0 Å². The maximum absolute atomic E-state index is 12.0. The van der Waals surface area contributed by atoms with E-state index in [-0.39, 0.29) is 5.25 Å². The van der Waals surface area contributed by atoms with Crippen LogP contribution in [0.25, 0.3) is 0 Å². The smallest absolute Gasteiger partial charge is 0.181 e. The largest absolute Gasteiger partial charge is 0.223 e. The molecule has 2 rings (SSSR count). The van der Waals surface area contributed by atoms with Crippen LogP contribution >= 0.6 is 0 Å². The summed E-state index contributed by atoms with van der Waals surface area (Å²) >= 11 is 0. The number of hydrogen-bond donors (Lipinski definition) is 0. The quantitative estimate of drug-likeness (QED) is 0.750. The Balaban J connectivity index is 2.34. The summed E-state index contributed by atoms with van der Waals surface area (Å²) in [5, 5.41) is -0.148. The van der Waals surface area contributed by atoms with Crippen LogP contribution in [0, 0.1) is 5.92 Å². The lowest BCUT2D eigenvalue weighted by Crippen LogP contribution is -2.36. The molecule has 2 atom stereocenters. The van der Waals surface area contributed by atoms with Gasteiger partial charge in [-0.15, -0.1) is 0 Å². The van der Waals surface area contributed by atoms with Crippen molar-refractivity contribution in [3.8, 4) is 0 Å². The molecule has 0 aromatic heterocycles. The van der Waals surface area contributed by atoms with Crippen molar-refractivity contribution in [2.45, 2.75) is 29.9 Å². The van der Waals surface area contributed by atoms with Crippen molar-refractivity contribution in [3.05, 3.63) is 30.3 Å². The molecule has 76 valence electrons. The van der Waals surface area contributed by atoms with Gasteiger partial charge in [-0.1, -0.05) is 25.1 Å². The third kappa shape index (κ3) is 1.46. The predicted octanol–water partition coefficient (Wildman–Crippen LogP) is 2.26. The highest BCUT2D eigenvalue weighted by Crippen LogP contribution is 2.36. The van der Waals surface area contributed by atoms with Crippen LogP contribution in [0.3, 0.4) is 0 Å². The molecule has 0 N–H and O–H groups in total. The lowest BCUT2D eigenvalue weighted by Gasteiger charge is -2.33. The molecular weight excluding hydrogens is 196 g/mol. The normalized spacial score (nSPS) is 26.9. The second-order valence-electron chi connectivity index (χ2n) is 3.95. The molecule has 1 aromatic carbocycles. The first-order valence-corrected chi connectivity index (χ1v) is 6.46. The zero-order chi connectivity index (χ0) is 10.2. The molecule has 0 saturated heterocycles. The molecule has 0 aliphatic heterocycles. The fourth-order valence-electron chi connectivity index (χ4n) is 1.88. The molecule has 3 heteroatoms. The van der Waals surface area contributed by atoms with Crippen LogP contribution in [0.15, 0.2) is 35.2 Å². The Kier molecular flexibility index (Phi) is 2.35. The Morgan fingerprint density at radius 1 is 1.14 bits per heavy atom. The molecule has 0 radical (unpaired) electrons. The Morgan fingerprint density at radius 3 is 2.21 bits per heavy atom. The minimum absolute atomic E-state index is 0.148. The molecule has 2 nitrogen and oxygen atoms in total. The summed E-state index contributed by atoms with van der Waals surface area (Å²) in [7, 11) is -3.05. The van der Waals surface area contributed by atoms with Crippen LogP contribution in [0.5, 0.6) is 0 Å². The number of hydrogen-bond acceptors (Lipinski definition) is 2. The Labute approximate surface area is 84.9 Å². The summed E-state index contributed by atoms with van der Waals surface area (Å²) in [6.07, 6.45) is 1.86. The second-order valence-corrected chi connectivity index (χ2v) is 6.12.